The molecule has 0 radical (unpaired) electrons. The van der Waals surface area contributed by atoms with Crippen molar-refractivity contribution in [2.24, 2.45) is 0 Å². The van der Waals surface area contributed by atoms with E-state index in [1.807, 2.05) is 18.2 Å². The van der Waals surface area contributed by atoms with E-state index in [1.54, 1.807) is 21.3 Å². The van der Waals surface area contributed by atoms with Gasteiger partial charge in [0.25, 0.3) is 0 Å². The van der Waals surface area contributed by atoms with Crippen molar-refractivity contribution in [1.29, 1.82) is 0 Å². The second-order valence-corrected chi connectivity index (χ2v) is 13.9. The van der Waals surface area contributed by atoms with Crippen LogP contribution in [0.2, 0.25) is 0 Å². The Balaban J connectivity index is 0.000000100. The van der Waals surface area contributed by atoms with Crippen LogP contribution in [0.25, 0.3) is 97.0 Å². The molecule has 0 unspecified atom stereocenters. The van der Waals surface area contributed by atoms with E-state index >= 15 is 0 Å². The predicted molar refractivity (Wildman–Crippen MR) is 230 cm³/mol. The Morgan fingerprint density at radius 3 is 0.667 bits per heavy atom. The van der Waals surface area contributed by atoms with Crippen LogP contribution in [0.1, 0.15) is 0 Å². The molecule has 3 heteroatoms. The summed E-state index contributed by atoms with van der Waals surface area (Å²) in [5.41, 5.74) is 0. The van der Waals surface area contributed by atoms with Gasteiger partial charge < -0.3 is 14.2 Å². The largest absolute Gasteiger partial charge is 0.496 e. The molecule has 0 fully saturated rings. The minimum atomic E-state index is 0.945. The van der Waals surface area contributed by atoms with E-state index in [2.05, 4.69) is 146 Å². The van der Waals surface area contributed by atoms with Gasteiger partial charge in [-0.25, -0.2) is 0 Å². The molecule has 0 saturated carbocycles. The summed E-state index contributed by atoms with van der Waals surface area (Å²) < 4.78 is 16.4. The first-order chi connectivity index (χ1) is 26.6. The van der Waals surface area contributed by atoms with Crippen LogP contribution in [0.3, 0.4) is 0 Å². The Kier molecular flexibility index (Phi) is 7.48. The van der Waals surface area contributed by atoms with E-state index in [-0.39, 0.29) is 0 Å². The van der Waals surface area contributed by atoms with E-state index in [9.17, 15) is 0 Å². The van der Waals surface area contributed by atoms with Crippen LogP contribution in [-0.2, 0) is 0 Å². The molecule has 0 aliphatic heterocycles. The van der Waals surface area contributed by atoms with E-state index < -0.39 is 0 Å². The van der Waals surface area contributed by atoms with Gasteiger partial charge in [0.1, 0.15) is 17.2 Å². The maximum Gasteiger partial charge on any atom is 0.126 e. The molecular formula is C51H36O3. The van der Waals surface area contributed by atoms with Gasteiger partial charge in [0, 0.05) is 32.3 Å². The highest BCUT2D eigenvalue weighted by Gasteiger charge is 2.13. The molecule has 0 aromatic heterocycles. The second-order valence-electron chi connectivity index (χ2n) is 13.9. The van der Waals surface area contributed by atoms with E-state index in [4.69, 9.17) is 14.2 Å². The zero-order chi connectivity index (χ0) is 36.3. The van der Waals surface area contributed by atoms with Crippen molar-refractivity contribution in [3.63, 3.8) is 0 Å². The highest BCUT2D eigenvalue weighted by Crippen LogP contribution is 2.41. The maximum atomic E-state index is 5.47. The number of hydrogen-bond acceptors (Lipinski definition) is 3. The Hall–Kier alpha value is -6.84. The summed E-state index contributed by atoms with van der Waals surface area (Å²) in [5.74, 6) is 2.84. The summed E-state index contributed by atoms with van der Waals surface area (Å²) in [6.45, 7) is 0. The fraction of sp³-hybridized carbons (Fsp3) is 0.0588. The molecule has 12 aromatic rings. The van der Waals surface area contributed by atoms with Crippen LogP contribution >= 0.6 is 0 Å². The van der Waals surface area contributed by atoms with Crippen LogP contribution in [0.5, 0.6) is 17.2 Å². The standard InChI is InChI=1S/3C17H12O/c3*1-18-15-10-8-13-6-5-11-3-2-4-12-7-9-14(15)17(13)16(11)12/h3*2-10H,1H3. The molecule has 0 atom stereocenters. The molecule has 0 spiro atoms. The number of rotatable bonds is 3. The quantitative estimate of drug-likeness (QED) is 0.172. The highest BCUT2D eigenvalue weighted by atomic mass is 16.5. The van der Waals surface area contributed by atoms with Gasteiger partial charge in [-0.1, -0.05) is 127 Å². The molecule has 12 rings (SSSR count). The van der Waals surface area contributed by atoms with Crippen molar-refractivity contribution < 1.29 is 14.2 Å². The molecule has 54 heavy (non-hydrogen) atoms. The Bertz CT molecular complexity index is 2890. The Morgan fingerprint density at radius 1 is 0.222 bits per heavy atom. The molecule has 12 aromatic carbocycles. The first-order valence-corrected chi connectivity index (χ1v) is 18.3. The lowest BCUT2D eigenvalue weighted by Crippen LogP contribution is -1.88. The summed E-state index contributed by atoms with van der Waals surface area (Å²) in [4.78, 5) is 0. The molecule has 3 nitrogen and oxygen atoms in total. The SMILES string of the molecule is COc1ccc2ccc3cccc4ccc1c2c34.COc1ccc2ccc3cccc4ccc1c2c34.COc1ccc2ccc3cccc4ccc1c2c34. The van der Waals surface area contributed by atoms with Gasteiger partial charge in [0.2, 0.25) is 0 Å². The van der Waals surface area contributed by atoms with Crippen LogP contribution in [0, 0.1) is 0 Å². The topological polar surface area (TPSA) is 27.7 Å². The van der Waals surface area contributed by atoms with Crippen LogP contribution in [0.4, 0.5) is 0 Å². The number of methoxy groups -OCH3 is 3. The average Bonchev–Trinajstić information content (AvgIpc) is 3.24. The van der Waals surface area contributed by atoms with Gasteiger partial charge in [-0.3, -0.25) is 0 Å². The molecule has 0 aliphatic carbocycles. The maximum absolute atomic E-state index is 5.47. The summed E-state index contributed by atoms with van der Waals surface area (Å²) in [6.07, 6.45) is 0. The van der Waals surface area contributed by atoms with Crippen molar-refractivity contribution >= 4 is 97.0 Å². The van der Waals surface area contributed by atoms with Crippen molar-refractivity contribution in [2.75, 3.05) is 21.3 Å². The molecule has 0 saturated heterocycles. The summed E-state index contributed by atoms with van der Waals surface area (Å²) in [5, 5.41) is 23.1. The lowest BCUT2D eigenvalue weighted by atomic mass is 9.94. The minimum absolute atomic E-state index is 0.945. The molecule has 258 valence electrons. The molecule has 0 heterocycles. The lowest BCUT2D eigenvalue weighted by Gasteiger charge is -2.12. The normalized spacial score (nSPS) is 11.6. The number of benzene rings is 12. The Morgan fingerprint density at radius 2 is 0.426 bits per heavy atom. The molecule has 0 aliphatic rings. The summed E-state index contributed by atoms with van der Waals surface area (Å²) in [7, 11) is 5.18. The van der Waals surface area contributed by atoms with Gasteiger partial charge in [0.15, 0.2) is 0 Å². The van der Waals surface area contributed by atoms with Gasteiger partial charge in [0.05, 0.1) is 21.3 Å². The lowest BCUT2D eigenvalue weighted by molar-refractivity contribution is 0.420. The van der Waals surface area contributed by atoms with E-state index in [0.29, 0.717) is 0 Å². The third-order valence-electron chi connectivity index (χ3n) is 11.1. The molecule has 0 N–H and O–H groups in total. The van der Waals surface area contributed by atoms with Gasteiger partial charge >= 0.3 is 0 Å². The van der Waals surface area contributed by atoms with Crippen molar-refractivity contribution in [3.8, 4) is 17.2 Å². The summed E-state index contributed by atoms with van der Waals surface area (Å²) in [6, 6.07) is 58.0. The first kappa shape index (κ1) is 31.9. The van der Waals surface area contributed by atoms with E-state index in [0.717, 1.165) is 17.2 Å². The molecule has 0 amide bonds. The van der Waals surface area contributed by atoms with E-state index in [1.165, 1.54) is 97.0 Å². The van der Waals surface area contributed by atoms with Crippen molar-refractivity contribution in [3.05, 3.63) is 164 Å². The fourth-order valence-corrected chi connectivity index (χ4v) is 8.66. The van der Waals surface area contributed by atoms with Crippen molar-refractivity contribution in [1.82, 2.24) is 0 Å². The highest BCUT2D eigenvalue weighted by molar-refractivity contribution is 6.26. The van der Waals surface area contributed by atoms with Gasteiger partial charge in [-0.2, -0.15) is 0 Å². The Labute approximate surface area is 312 Å². The fourth-order valence-electron chi connectivity index (χ4n) is 8.66. The van der Waals surface area contributed by atoms with Crippen molar-refractivity contribution in [2.45, 2.75) is 0 Å². The zero-order valence-electron chi connectivity index (χ0n) is 30.3. The molecular weight excluding hydrogens is 661 g/mol. The monoisotopic (exact) mass is 696 g/mol. The van der Waals surface area contributed by atoms with Crippen LogP contribution in [0.15, 0.2) is 164 Å². The third kappa shape index (κ3) is 4.89. The number of ether oxygens (including phenoxy) is 3. The van der Waals surface area contributed by atoms with Gasteiger partial charge in [-0.15, -0.1) is 0 Å². The zero-order valence-corrected chi connectivity index (χ0v) is 30.3. The predicted octanol–water partition coefficient (Wildman–Crippen LogP) is 13.8. The second kappa shape index (κ2) is 12.7. The number of hydrogen-bond donors (Lipinski definition) is 0. The average molecular weight is 697 g/mol. The smallest absolute Gasteiger partial charge is 0.126 e. The first-order valence-electron chi connectivity index (χ1n) is 18.3. The third-order valence-corrected chi connectivity index (χ3v) is 11.1. The molecule has 0 bridgehead atoms. The summed E-state index contributed by atoms with van der Waals surface area (Å²) >= 11 is 0. The van der Waals surface area contributed by atoms with Crippen LogP contribution < -0.4 is 14.2 Å². The van der Waals surface area contributed by atoms with Crippen LogP contribution in [-0.4, -0.2) is 21.3 Å². The van der Waals surface area contributed by atoms with Gasteiger partial charge in [-0.05, 0) is 101 Å². The minimum Gasteiger partial charge on any atom is -0.496 e.